The minimum atomic E-state index is -0.217. The van der Waals surface area contributed by atoms with Crippen molar-refractivity contribution in [2.75, 3.05) is 0 Å². The zero-order valence-electron chi connectivity index (χ0n) is 13.0. The molecule has 0 amide bonds. The largest absolute Gasteiger partial charge is 0.508 e. The summed E-state index contributed by atoms with van der Waals surface area (Å²) in [6, 6.07) is 17.0. The van der Waals surface area contributed by atoms with Gasteiger partial charge in [0.05, 0.1) is 11.4 Å². The zero-order valence-corrected chi connectivity index (χ0v) is 13.9. The van der Waals surface area contributed by atoms with Gasteiger partial charge in [-0.15, -0.1) is 0 Å². The fraction of sp³-hybridized carbons (Fsp3) is 0. The van der Waals surface area contributed by atoms with Crippen molar-refractivity contribution in [3.63, 3.8) is 0 Å². The smallest absolute Gasteiger partial charge is 0.240 e. The molecule has 0 atom stereocenters. The Hall–Kier alpha value is -3.19. The lowest BCUT2D eigenvalue weighted by Crippen LogP contribution is -2.12. The first-order valence-corrected chi connectivity index (χ1v) is 8.21. The molecule has 2 aromatic heterocycles. The van der Waals surface area contributed by atoms with Gasteiger partial charge in [-0.25, -0.2) is 4.83 Å². The van der Waals surface area contributed by atoms with Crippen molar-refractivity contribution in [3.8, 4) is 5.75 Å². The van der Waals surface area contributed by atoms with Crippen LogP contribution in [0.3, 0.4) is 0 Å². The molecule has 124 valence electrons. The number of nitrogens with one attached hydrogen (secondary N) is 1. The molecule has 0 aliphatic carbocycles. The Morgan fingerprint density at radius 2 is 1.52 bits per heavy atom. The number of rotatable bonds is 5. The fourth-order valence-electron chi connectivity index (χ4n) is 2.02. The van der Waals surface area contributed by atoms with Crippen molar-refractivity contribution in [3.05, 3.63) is 90.0 Å². The lowest BCUT2D eigenvalue weighted by atomic mass is 10.1. The summed E-state index contributed by atoms with van der Waals surface area (Å²) < 4.78 is 0. The summed E-state index contributed by atoms with van der Waals surface area (Å²) in [5, 5.41) is 13.3. The standard InChI is InChI=1S/C18H14N4O2S/c23-14-9-7-13(8-10-14)18(24)25-22-21-17(15-5-1-3-11-19-15)16-6-2-4-12-20-16/h1-12,22-23H. The molecule has 2 N–H and O–H groups in total. The summed E-state index contributed by atoms with van der Waals surface area (Å²) in [6.45, 7) is 0. The fourth-order valence-corrected chi connectivity index (χ4v) is 2.49. The second kappa shape index (κ2) is 8.07. The number of aromatic hydroxyl groups is 1. The van der Waals surface area contributed by atoms with E-state index in [0.29, 0.717) is 22.7 Å². The van der Waals surface area contributed by atoms with Crippen LogP contribution in [0.1, 0.15) is 21.7 Å². The molecule has 0 saturated heterocycles. The summed E-state index contributed by atoms with van der Waals surface area (Å²) in [5.74, 6) is 0.111. The van der Waals surface area contributed by atoms with Crippen LogP contribution in [0.4, 0.5) is 0 Å². The Balaban J connectivity index is 1.77. The van der Waals surface area contributed by atoms with Gasteiger partial charge in [0, 0.05) is 29.9 Å². The highest BCUT2D eigenvalue weighted by atomic mass is 32.2. The summed E-state index contributed by atoms with van der Waals surface area (Å²) in [6.07, 6.45) is 3.34. The van der Waals surface area contributed by atoms with Crippen molar-refractivity contribution in [1.82, 2.24) is 14.8 Å². The number of phenolic OH excluding ortho intramolecular Hbond substituents is 1. The Labute approximate surface area is 148 Å². The molecule has 3 aromatic rings. The van der Waals surface area contributed by atoms with Gasteiger partial charge in [-0.3, -0.25) is 14.8 Å². The number of benzene rings is 1. The number of phenols is 1. The minimum Gasteiger partial charge on any atom is -0.508 e. The predicted octanol–water partition coefficient (Wildman–Crippen LogP) is 3.01. The van der Waals surface area contributed by atoms with Crippen molar-refractivity contribution in [2.45, 2.75) is 0 Å². The lowest BCUT2D eigenvalue weighted by Gasteiger charge is -2.06. The van der Waals surface area contributed by atoms with Gasteiger partial charge in [-0.1, -0.05) is 12.1 Å². The van der Waals surface area contributed by atoms with Crippen LogP contribution in [-0.2, 0) is 0 Å². The van der Waals surface area contributed by atoms with Gasteiger partial charge in [0.1, 0.15) is 11.5 Å². The number of carbonyl (C=O) groups is 1. The van der Waals surface area contributed by atoms with Crippen molar-refractivity contribution in [1.29, 1.82) is 0 Å². The third-order valence-corrected chi connectivity index (χ3v) is 3.82. The molecule has 0 radical (unpaired) electrons. The van der Waals surface area contributed by atoms with E-state index in [0.717, 1.165) is 11.9 Å². The van der Waals surface area contributed by atoms with Crippen LogP contribution in [0.25, 0.3) is 0 Å². The van der Waals surface area contributed by atoms with Gasteiger partial charge < -0.3 is 5.11 Å². The van der Waals surface area contributed by atoms with Gasteiger partial charge in [-0.05, 0) is 48.5 Å². The summed E-state index contributed by atoms with van der Waals surface area (Å²) in [4.78, 5) is 23.4. The monoisotopic (exact) mass is 350 g/mol. The summed E-state index contributed by atoms with van der Waals surface area (Å²) >= 11 is 0.839. The van der Waals surface area contributed by atoms with Crippen LogP contribution in [0.15, 0.2) is 78.2 Å². The Bertz CT molecular complexity index is 827. The first-order valence-electron chi connectivity index (χ1n) is 7.40. The second-order valence-corrected chi connectivity index (χ2v) is 5.68. The average Bonchev–Trinajstić information content (AvgIpc) is 2.67. The van der Waals surface area contributed by atoms with Crippen LogP contribution in [0, 0.1) is 0 Å². The highest BCUT2D eigenvalue weighted by Crippen LogP contribution is 2.14. The number of hydrogen-bond acceptors (Lipinski definition) is 7. The van der Waals surface area contributed by atoms with Crippen LogP contribution >= 0.6 is 11.9 Å². The Morgan fingerprint density at radius 1 is 0.920 bits per heavy atom. The molecule has 0 spiro atoms. The van der Waals surface area contributed by atoms with Gasteiger partial charge in [0.15, 0.2) is 0 Å². The molecule has 0 bridgehead atoms. The number of carbonyl (C=O) groups excluding carboxylic acids is 1. The molecule has 7 heteroatoms. The minimum absolute atomic E-state index is 0.111. The molecule has 1 aromatic carbocycles. The van der Waals surface area contributed by atoms with E-state index in [-0.39, 0.29) is 10.9 Å². The molecule has 2 heterocycles. The van der Waals surface area contributed by atoms with Crippen LogP contribution in [0.5, 0.6) is 5.75 Å². The molecule has 0 unspecified atom stereocenters. The molecule has 0 aliphatic heterocycles. The number of pyridine rings is 2. The van der Waals surface area contributed by atoms with E-state index < -0.39 is 0 Å². The van der Waals surface area contributed by atoms with E-state index in [2.05, 4.69) is 19.9 Å². The normalized spacial score (nSPS) is 10.1. The van der Waals surface area contributed by atoms with Crippen molar-refractivity contribution < 1.29 is 9.90 Å². The number of hydrogen-bond donors (Lipinski definition) is 2. The number of hydrazone groups is 1. The van der Waals surface area contributed by atoms with E-state index >= 15 is 0 Å². The van der Waals surface area contributed by atoms with Gasteiger partial charge in [0.2, 0.25) is 5.12 Å². The molecule has 0 fully saturated rings. The molecule has 0 saturated carbocycles. The third-order valence-electron chi connectivity index (χ3n) is 3.21. The molecule has 0 aliphatic rings. The first kappa shape index (κ1) is 16.7. The van der Waals surface area contributed by atoms with E-state index in [9.17, 15) is 9.90 Å². The second-order valence-electron chi connectivity index (χ2n) is 4.92. The van der Waals surface area contributed by atoms with E-state index in [1.54, 1.807) is 24.5 Å². The average molecular weight is 350 g/mol. The highest BCUT2D eigenvalue weighted by molar-refractivity contribution is 8.12. The summed E-state index contributed by atoms with van der Waals surface area (Å²) in [5.41, 5.74) is 2.28. The van der Waals surface area contributed by atoms with E-state index in [1.807, 2.05) is 36.4 Å². The maximum atomic E-state index is 12.1. The van der Waals surface area contributed by atoms with Gasteiger partial charge >= 0.3 is 0 Å². The maximum absolute atomic E-state index is 12.1. The zero-order chi connectivity index (χ0) is 17.5. The van der Waals surface area contributed by atoms with Crippen LogP contribution in [-0.4, -0.2) is 25.9 Å². The first-order chi connectivity index (χ1) is 12.2. The number of aromatic nitrogens is 2. The van der Waals surface area contributed by atoms with Crippen LogP contribution in [0.2, 0.25) is 0 Å². The van der Waals surface area contributed by atoms with Crippen LogP contribution < -0.4 is 4.83 Å². The molecule has 25 heavy (non-hydrogen) atoms. The topological polar surface area (TPSA) is 87.5 Å². The highest BCUT2D eigenvalue weighted by Gasteiger charge is 2.11. The third kappa shape index (κ3) is 4.42. The molecule has 3 rings (SSSR count). The maximum Gasteiger partial charge on any atom is 0.240 e. The number of nitrogens with zero attached hydrogens (tertiary/aromatic N) is 3. The quantitative estimate of drug-likeness (QED) is 0.418. The van der Waals surface area contributed by atoms with Crippen molar-refractivity contribution >= 4 is 22.8 Å². The molecular weight excluding hydrogens is 336 g/mol. The predicted molar refractivity (Wildman–Crippen MR) is 97.3 cm³/mol. The SMILES string of the molecule is O=C(SNN=C(c1ccccn1)c1ccccn1)c1ccc(O)cc1. The van der Waals surface area contributed by atoms with E-state index in [1.165, 1.54) is 12.1 Å². The Kier molecular flexibility index (Phi) is 5.38. The molecule has 6 nitrogen and oxygen atoms in total. The van der Waals surface area contributed by atoms with Gasteiger partial charge in [0.25, 0.3) is 0 Å². The lowest BCUT2D eigenvalue weighted by molar-refractivity contribution is 0.108. The molecular formula is C18H14N4O2S. The Morgan fingerprint density at radius 3 is 2.04 bits per heavy atom. The van der Waals surface area contributed by atoms with E-state index in [4.69, 9.17) is 0 Å². The van der Waals surface area contributed by atoms with Gasteiger partial charge in [-0.2, -0.15) is 5.10 Å². The summed E-state index contributed by atoms with van der Waals surface area (Å²) in [7, 11) is 0. The van der Waals surface area contributed by atoms with Crippen molar-refractivity contribution in [2.24, 2.45) is 5.10 Å².